The smallest absolute Gasteiger partial charge is 0.221 e. The molecule has 0 saturated carbocycles. The maximum Gasteiger partial charge on any atom is 0.221 e. The Morgan fingerprint density at radius 1 is 1.19 bits per heavy atom. The normalized spacial score (nSPS) is 10.8. The number of aromatic nitrogens is 1. The lowest BCUT2D eigenvalue weighted by molar-refractivity contribution is -0.114. The van der Waals surface area contributed by atoms with Crippen LogP contribution in [0.15, 0.2) is 46.7 Å². The number of carbonyl (C=O) groups is 2. The highest BCUT2D eigenvalue weighted by molar-refractivity contribution is 7.80. The van der Waals surface area contributed by atoms with Gasteiger partial charge in [-0.2, -0.15) is 0 Å². The highest BCUT2D eigenvalue weighted by atomic mass is 32.1. The van der Waals surface area contributed by atoms with Crippen molar-refractivity contribution >= 4 is 41.3 Å². The van der Waals surface area contributed by atoms with E-state index in [4.69, 9.17) is 0 Å². The number of thiol groups is 1. The Morgan fingerprint density at radius 3 is 2.59 bits per heavy atom. The third kappa shape index (κ3) is 4.51. The molecule has 27 heavy (non-hydrogen) atoms. The molecule has 1 amide bonds. The van der Waals surface area contributed by atoms with E-state index in [0.717, 1.165) is 29.1 Å². The third-order valence-electron chi connectivity index (χ3n) is 4.51. The zero-order chi connectivity index (χ0) is 19.6. The van der Waals surface area contributed by atoms with Gasteiger partial charge >= 0.3 is 0 Å². The zero-order valence-electron chi connectivity index (χ0n) is 15.6. The van der Waals surface area contributed by atoms with Gasteiger partial charge in [0.25, 0.3) is 0 Å². The van der Waals surface area contributed by atoms with Crippen LogP contribution in [0.1, 0.15) is 39.1 Å². The number of Topliss-reactive ketones (excluding diaryl/α,β-unsaturated/α-hetero) is 1. The minimum absolute atomic E-state index is 0.0838. The molecule has 0 radical (unpaired) electrons. The van der Waals surface area contributed by atoms with Gasteiger partial charge in [0, 0.05) is 40.1 Å². The van der Waals surface area contributed by atoms with Gasteiger partial charge in [-0.25, -0.2) is 0 Å². The van der Waals surface area contributed by atoms with E-state index in [1.165, 1.54) is 11.8 Å². The van der Waals surface area contributed by atoms with Crippen molar-refractivity contribution in [2.75, 3.05) is 5.32 Å². The van der Waals surface area contributed by atoms with Crippen LogP contribution in [0.3, 0.4) is 0 Å². The fraction of sp³-hybridized carbons (Fsp3) is 0.238. The summed E-state index contributed by atoms with van der Waals surface area (Å²) in [5, 5.41) is 4.79. The first-order chi connectivity index (χ1) is 12.8. The molecule has 2 aromatic heterocycles. The maximum absolute atomic E-state index is 12.9. The van der Waals surface area contributed by atoms with E-state index in [1.54, 1.807) is 17.4 Å². The molecular formula is C21H22N2O2S2. The summed E-state index contributed by atoms with van der Waals surface area (Å²) >= 11 is 6.13. The Hall–Kier alpha value is -2.31. The summed E-state index contributed by atoms with van der Waals surface area (Å²) < 4.78 is 2.18. The molecule has 0 fully saturated rings. The Morgan fingerprint density at radius 2 is 1.96 bits per heavy atom. The monoisotopic (exact) mass is 398 g/mol. The summed E-state index contributed by atoms with van der Waals surface area (Å²) in [5.41, 5.74) is 4.36. The van der Waals surface area contributed by atoms with E-state index >= 15 is 0 Å². The number of nitrogens with zero attached hydrogens (tertiary/aromatic N) is 1. The zero-order valence-corrected chi connectivity index (χ0v) is 17.3. The number of ketones is 1. The lowest BCUT2D eigenvalue weighted by atomic mass is 10.0. The van der Waals surface area contributed by atoms with Gasteiger partial charge in [0.05, 0.1) is 12.2 Å². The van der Waals surface area contributed by atoms with Crippen molar-refractivity contribution in [1.82, 2.24) is 4.57 Å². The number of amides is 1. The van der Waals surface area contributed by atoms with Crippen molar-refractivity contribution < 1.29 is 9.59 Å². The average molecular weight is 399 g/mol. The molecule has 0 saturated heterocycles. The second-order valence-electron chi connectivity index (χ2n) is 6.58. The predicted octanol–water partition coefficient (Wildman–Crippen LogP) is 4.89. The quantitative estimate of drug-likeness (QED) is 0.459. The number of carbonyl (C=O) groups excluding carboxylic acids is 2. The highest BCUT2D eigenvalue weighted by Crippen LogP contribution is 2.24. The molecule has 0 spiro atoms. The molecule has 3 aromatic rings. The molecule has 0 unspecified atom stereocenters. The van der Waals surface area contributed by atoms with Crippen LogP contribution in [0.25, 0.3) is 0 Å². The standard InChI is InChI=1S/C21H22N2O2S2/c1-13-9-18(14(2)23(13)12-17-5-4-8-27-17)20(25)10-16-6-7-19(21(26)11-16)22-15(3)24/h4-9,11,26H,10,12H2,1-3H3,(H,22,24). The van der Waals surface area contributed by atoms with Crippen LogP contribution >= 0.6 is 24.0 Å². The van der Waals surface area contributed by atoms with Gasteiger partial charge in [-0.3, -0.25) is 9.59 Å². The summed E-state index contributed by atoms with van der Waals surface area (Å²) in [4.78, 5) is 26.0. The summed E-state index contributed by atoms with van der Waals surface area (Å²) in [7, 11) is 0. The number of aryl methyl sites for hydroxylation is 1. The molecule has 3 rings (SSSR count). The second-order valence-corrected chi connectivity index (χ2v) is 8.10. The number of hydrogen-bond acceptors (Lipinski definition) is 4. The Balaban J connectivity index is 1.78. The van der Waals surface area contributed by atoms with Crippen LogP contribution in [-0.4, -0.2) is 16.3 Å². The molecule has 1 aromatic carbocycles. The molecule has 1 N–H and O–H groups in total. The van der Waals surface area contributed by atoms with E-state index in [1.807, 2.05) is 38.1 Å². The highest BCUT2D eigenvalue weighted by Gasteiger charge is 2.17. The molecule has 2 heterocycles. The van der Waals surface area contributed by atoms with Gasteiger partial charge in [-0.15, -0.1) is 24.0 Å². The SMILES string of the molecule is CC(=O)Nc1ccc(CC(=O)c2cc(C)n(Cc3cccs3)c2C)cc1S. The number of nitrogens with one attached hydrogen (secondary N) is 1. The van der Waals surface area contributed by atoms with E-state index < -0.39 is 0 Å². The van der Waals surface area contributed by atoms with E-state index in [-0.39, 0.29) is 11.7 Å². The van der Waals surface area contributed by atoms with Crippen LogP contribution < -0.4 is 5.32 Å². The van der Waals surface area contributed by atoms with Crippen LogP contribution in [0, 0.1) is 13.8 Å². The average Bonchev–Trinajstić information content (AvgIpc) is 3.21. The van der Waals surface area contributed by atoms with Gasteiger partial charge in [0.1, 0.15) is 0 Å². The Labute approximate surface area is 168 Å². The van der Waals surface area contributed by atoms with Crippen LogP contribution in [0.5, 0.6) is 0 Å². The van der Waals surface area contributed by atoms with Crippen molar-refractivity contribution in [1.29, 1.82) is 0 Å². The summed E-state index contributed by atoms with van der Waals surface area (Å²) in [6.07, 6.45) is 0.303. The Kier molecular flexibility index (Phi) is 5.87. The van der Waals surface area contributed by atoms with Crippen LogP contribution in [0.2, 0.25) is 0 Å². The fourth-order valence-corrected chi connectivity index (χ4v) is 4.14. The van der Waals surface area contributed by atoms with Crippen molar-refractivity contribution in [2.45, 2.75) is 38.6 Å². The number of hydrogen-bond donors (Lipinski definition) is 2. The van der Waals surface area contributed by atoms with Gasteiger partial charge in [-0.1, -0.05) is 12.1 Å². The largest absolute Gasteiger partial charge is 0.343 e. The third-order valence-corrected chi connectivity index (χ3v) is 5.74. The van der Waals surface area contributed by atoms with E-state index in [9.17, 15) is 9.59 Å². The fourth-order valence-electron chi connectivity index (χ4n) is 3.15. The number of anilines is 1. The molecule has 0 atom stereocenters. The van der Waals surface area contributed by atoms with Crippen molar-refractivity contribution in [3.05, 3.63) is 69.2 Å². The summed E-state index contributed by atoms with van der Waals surface area (Å²) in [6, 6.07) is 11.6. The van der Waals surface area contributed by atoms with Crippen LogP contribution in [0.4, 0.5) is 5.69 Å². The van der Waals surface area contributed by atoms with Crippen molar-refractivity contribution in [2.24, 2.45) is 0 Å². The minimum Gasteiger partial charge on any atom is -0.343 e. The van der Waals surface area contributed by atoms with Crippen molar-refractivity contribution in [3.63, 3.8) is 0 Å². The molecule has 6 heteroatoms. The lowest BCUT2D eigenvalue weighted by Crippen LogP contribution is -2.09. The lowest BCUT2D eigenvalue weighted by Gasteiger charge is -2.09. The first-order valence-corrected chi connectivity index (χ1v) is 9.99. The maximum atomic E-state index is 12.9. The molecule has 0 aliphatic rings. The predicted molar refractivity (Wildman–Crippen MR) is 113 cm³/mol. The van der Waals surface area contributed by atoms with Crippen molar-refractivity contribution in [3.8, 4) is 0 Å². The first-order valence-electron chi connectivity index (χ1n) is 8.67. The summed E-state index contributed by atoms with van der Waals surface area (Å²) in [5.74, 6) is -0.0622. The molecular weight excluding hydrogens is 376 g/mol. The van der Waals surface area contributed by atoms with Gasteiger partial charge < -0.3 is 9.88 Å². The number of rotatable bonds is 6. The topological polar surface area (TPSA) is 51.1 Å². The Bertz CT molecular complexity index is 988. The van der Waals surface area contributed by atoms with Gasteiger partial charge in [0.2, 0.25) is 5.91 Å². The molecule has 4 nitrogen and oxygen atoms in total. The van der Waals surface area contributed by atoms with Gasteiger partial charge in [-0.05, 0) is 49.1 Å². The van der Waals surface area contributed by atoms with Crippen LogP contribution in [-0.2, 0) is 17.8 Å². The summed E-state index contributed by atoms with van der Waals surface area (Å²) in [6.45, 7) is 6.27. The molecule has 0 bridgehead atoms. The number of benzene rings is 1. The second kappa shape index (κ2) is 8.15. The van der Waals surface area contributed by atoms with Gasteiger partial charge in [0.15, 0.2) is 5.78 Å². The van der Waals surface area contributed by atoms with E-state index in [0.29, 0.717) is 17.0 Å². The molecule has 0 aliphatic carbocycles. The molecule has 0 aliphatic heterocycles. The first kappa shape index (κ1) is 19.5. The minimum atomic E-state index is -0.146. The molecule has 140 valence electrons. The van der Waals surface area contributed by atoms with E-state index in [2.05, 4.69) is 34.0 Å². The number of thiophene rings is 1.